The molecule has 0 aliphatic heterocycles. The Bertz CT molecular complexity index is 631. The van der Waals surface area contributed by atoms with Crippen LogP contribution in [0.5, 0.6) is 0 Å². The van der Waals surface area contributed by atoms with Gasteiger partial charge in [0.15, 0.2) is 0 Å². The molecule has 0 fully saturated rings. The topological polar surface area (TPSA) is 81.7 Å². The zero-order valence-electron chi connectivity index (χ0n) is 13.5. The molecule has 0 saturated carbocycles. The third kappa shape index (κ3) is 6.58. The molecule has 130 valence electrons. The maximum Gasteiger partial charge on any atom is 0.339 e. The van der Waals surface area contributed by atoms with Gasteiger partial charge in [0, 0.05) is 24.2 Å². The molecule has 0 bridgehead atoms. The normalized spacial score (nSPS) is 11.7. The molecule has 6 nitrogen and oxygen atoms in total. The SMILES string of the molecule is COC(=O)c1cc(S(=O)(=O)NCCCOCC(C)C)ccc1Br. The highest BCUT2D eigenvalue weighted by molar-refractivity contribution is 9.10. The summed E-state index contributed by atoms with van der Waals surface area (Å²) in [5.41, 5.74) is 0.163. The number of halogens is 1. The van der Waals surface area contributed by atoms with Crippen molar-refractivity contribution in [2.75, 3.05) is 26.9 Å². The molecular formula is C15H22BrNO5S. The molecular weight excluding hydrogens is 386 g/mol. The average Bonchev–Trinajstić information content (AvgIpc) is 2.50. The standard InChI is InChI=1S/C15H22BrNO5S/c1-11(2)10-22-8-4-7-17-23(19,20)12-5-6-14(16)13(9-12)15(18)21-3/h5-6,9,11,17H,4,7-8,10H2,1-3H3. The van der Waals surface area contributed by atoms with E-state index in [9.17, 15) is 13.2 Å². The summed E-state index contributed by atoms with van der Waals surface area (Å²) in [6.45, 7) is 5.52. The van der Waals surface area contributed by atoms with E-state index in [0.717, 1.165) is 0 Å². The number of carbonyl (C=O) groups excluding carboxylic acids is 1. The fraction of sp³-hybridized carbons (Fsp3) is 0.533. The fourth-order valence-corrected chi connectivity index (χ4v) is 3.23. The van der Waals surface area contributed by atoms with Gasteiger partial charge in [-0.2, -0.15) is 0 Å². The van der Waals surface area contributed by atoms with Gasteiger partial charge in [-0.15, -0.1) is 0 Å². The molecule has 1 rings (SSSR count). The Labute approximate surface area is 145 Å². The number of carbonyl (C=O) groups is 1. The van der Waals surface area contributed by atoms with E-state index < -0.39 is 16.0 Å². The number of nitrogens with one attached hydrogen (secondary N) is 1. The summed E-state index contributed by atoms with van der Waals surface area (Å²) in [6, 6.07) is 4.22. The first-order valence-electron chi connectivity index (χ1n) is 7.23. The quantitative estimate of drug-likeness (QED) is 0.502. The van der Waals surface area contributed by atoms with Crippen LogP contribution in [0, 0.1) is 5.92 Å². The van der Waals surface area contributed by atoms with Crippen LogP contribution in [0.1, 0.15) is 30.6 Å². The average molecular weight is 408 g/mol. The predicted octanol–water partition coefficient (Wildman–Crippen LogP) is 2.58. The monoisotopic (exact) mass is 407 g/mol. The lowest BCUT2D eigenvalue weighted by atomic mass is 10.2. The number of hydrogen-bond acceptors (Lipinski definition) is 5. The van der Waals surface area contributed by atoms with E-state index in [2.05, 4.69) is 39.2 Å². The van der Waals surface area contributed by atoms with Gasteiger partial charge >= 0.3 is 5.97 Å². The van der Waals surface area contributed by atoms with Crippen molar-refractivity contribution in [1.29, 1.82) is 0 Å². The summed E-state index contributed by atoms with van der Waals surface area (Å²) >= 11 is 3.20. The first kappa shape index (κ1) is 20.1. The molecule has 0 aliphatic carbocycles. The second-order valence-corrected chi connectivity index (χ2v) is 7.97. The minimum absolute atomic E-state index is 0.0178. The van der Waals surface area contributed by atoms with Gasteiger partial charge in [-0.25, -0.2) is 17.9 Å². The number of rotatable bonds is 9. The number of esters is 1. The number of methoxy groups -OCH3 is 1. The summed E-state index contributed by atoms with van der Waals surface area (Å²) in [5.74, 6) is -0.151. The van der Waals surface area contributed by atoms with Crippen LogP contribution in [0.25, 0.3) is 0 Å². The molecule has 0 spiro atoms. The lowest BCUT2D eigenvalue weighted by Gasteiger charge is -2.10. The molecule has 1 aromatic rings. The molecule has 1 aromatic carbocycles. The summed E-state index contributed by atoms with van der Waals surface area (Å²) < 4.78 is 37.4. The van der Waals surface area contributed by atoms with E-state index in [1.54, 1.807) is 0 Å². The Morgan fingerprint density at radius 2 is 2.04 bits per heavy atom. The zero-order valence-corrected chi connectivity index (χ0v) is 15.9. The molecule has 0 aliphatic rings. The van der Waals surface area contributed by atoms with Crippen LogP contribution in [0.4, 0.5) is 0 Å². The van der Waals surface area contributed by atoms with Crippen molar-refractivity contribution >= 4 is 31.9 Å². The first-order chi connectivity index (χ1) is 10.8. The van der Waals surface area contributed by atoms with Crippen molar-refractivity contribution in [3.63, 3.8) is 0 Å². The number of sulfonamides is 1. The van der Waals surface area contributed by atoms with Crippen LogP contribution < -0.4 is 4.72 Å². The third-order valence-corrected chi connectivity index (χ3v) is 5.01. The maximum atomic E-state index is 12.2. The van der Waals surface area contributed by atoms with Crippen molar-refractivity contribution in [3.8, 4) is 0 Å². The van der Waals surface area contributed by atoms with Gasteiger partial charge < -0.3 is 9.47 Å². The molecule has 0 atom stereocenters. The molecule has 0 saturated heterocycles. The fourth-order valence-electron chi connectivity index (χ4n) is 1.72. The predicted molar refractivity (Wildman–Crippen MR) is 90.9 cm³/mol. The van der Waals surface area contributed by atoms with Crippen molar-refractivity contribution < 1.29 is 22.7 Å². The Morgan fingerprint density at radius 1 is 1.35 bits per heavy atom. The third-order valence-electron chi connectivity index (χ3n) is 2.86. The first-order valence-corrected chi connectivity index (χ1v) is 9.51. The number of ether oxygens (including phenoxy) is 2. The summed E-state index contributed by atoms with van der Waals surface area (Å²) in [5, 5.41) is 0. The van der Waals surface area contributed by atoms with Gasteiger partial charge in [0.1, 0.15) is 0 Å². The van der Waals surface area contributed by atoms with Crippen molar-refractivity contribution in [1.82, 2.24) is 4.72 Å². The Kier molecular flexibility index (Phi) is 8.18. The molecule has 8 heteroatoms. The van der Waals surface area contributed by atoms with Crippen LogP contribution in [-0.4, -0.2) is 41.3 Å². The van der Waals surface area contributed by atoms with Crippen molar-refractivity contribution in [3.05, 3.63) is 28.2 Å². The van der Waals surface area contributed by atoms with Gasteiger partial charge in [-0.1, -0.05) is 13.8 Å². The number of benzene rings is 1. The van der Waals surface area contributed by atoms with Crippen LogP contribution in [0.3, 0.4) is 0 Å². The smallest absolute Gasteiger partial charge is 0.339 e. The lowest BCUT2D eigenvalue weighted by Crippen LogP contribution is -2.26. The van der Waals surface area contributed by atoms with Crippen LogP contribution in [-0.2, 0) is 19.5 Å². The van der Waals surface area contributed by atoms with Crippen LogP contribution in [0.2, 0.25) is 0 Å². The summed E-state index contributed by atoms with van der Waals surface area (Å²) in [6.07, 6.45) is 0.576. The molecule has 0 amide bonds. The highest BCUT2D eigenvalue weighted by Crippen LogP contribution is 2.21. The highest BCUT2D eigenvalue weighted by atomic mass is 79.9. The van der Waals surface area contributed by atoms with Crippen molar-refractivity contribution in [2.24, 2.45) is 5.92 Å². The maximum absolute atomic E-state index is 12.2. The van der Waals surface area contributed by atoms with Crippen molar-refractivity contribution in [2.45, 2.75) is 25.2 Å². The Morgan fingerprint density at radius 3 is 2.65 bits per heavy atom. The van der Waals surface area contributed by atoms with E-state index in [1.807, 2.05) is 0 Å². The molecule has 23 heavy (non-hydrogen) atoms. The van der Waals surface area contributed by atoms with E-state index >= 15 is 0 Å². The van der Waals surface area contributed by atoms with Gasteiger partial charge in [0.05, 0.1) is 17.6 Å². The zero-order chi connectivity index (χ0) is 17.5. The molecule has 0 radical (unpaired) electrons. The van der Waals surface area contributed by atoms with Crippen LogP contribution in [0.15, 0.2) is 27.6 Å². The minimum atomic E-state index is -3.68. The van der Waals surface area contributed by atoms with E-state index in [-0.39, 0.29) is 17.0 Å². The second-order valence-electron chi connectivity index (χ2n) is 5.35. The number of hydrogen-bond donors (Lipinski definition) is 1. The van der Waals surface area contributed by atoms with Crippen LogP contribution >= 0.6 is 15.9 Å². The Hall–Kier alpha value is -0.960. The Balaban J connectivity index is 2.64. The minimum Gasteiger partial charge on any atom is -0.465 e. The van der Waals surface area contributed by atoms with Gasteiger partial charge in [0.25, 0.3) is 0 Å². The van der Waals surface area contributed by atoms with E-state index in [1.165, 1.54) is 25.3 Å². The van der Waals surface area contributed by atoms with E-state index in [4.69, 9.17) is 4.74 Å². The van der Waals surface area contributed by atoms with E-state index in [0.29, 0.717) is 30.0 Å². The summed E-state index contributed by atoms with van der Waals surface area (Å²) in [4.78, 5) is 11.6. The highest BCUT2D eigenvalue weighted by Gasteiger charge is 2.18. The van der Waals surface area contributed by atoms with Gasteiger partial charge in [-0.05, 0) is 46.5 Å². The molecule has 0 aromatic heterocycles. The molecule has 1 N–H and O–H groups in total. The summed E-state index contributed by atoms with van der Waals surface area (Å²) in [7, 11) is -2.44. The molecule has 0 unspecified atom stereocenters. The van der Waals surface area contributed by atoms with Gasteiger partial charge in [0.2, 0.25) is 10.0 Å². The molecule has 0 heterocycles. The lowest BCUT2D eigenvalue weighted by molar-refractivity contribution is 0.0599. The second kappa shape index (κ2) is 9.36. The van der Waals surface area contributed by atoms with Gasteiger partial charge in [-0.3, -0.25) is 0 Å². The largest absolute Gasteiger partial charge is 0.465 e.